The van der Waals surface area contributed by atoms with E-state index < -0.39 is 0 Å². The number of rotatable bonds is 10. The summed E-state index contributed by atoms with van der Waals surface area (Å²) in [7, 11) is 0. The zero-order chi connectivity index (χ0) is 21.3. The molecule has 0 atom stereocenters. The van der Waals surface area contributed by atoms with Gasteiger partial charge in [-0.2, -0.15) is 0 Å². The Morgan fingerprint density at radius 3 is 2.73 bits per heavy atom. The number of ether oxygens (including phenoxy) is 1. The third-order valence-electron chi connectivity index (χ3n) is 4.74. The van der Waals surface area contributed by atoms with E-state index in [1.165, 1.54) is 11.8 Å². The molecule has 0 radical (unpaired) electrons. The van der Waals surface area contributed by atoms with Gasteiger partial charge in [0.2, 0.25) is 5.91 Å². The number of aromatic nitrogens is 4. The maximum absolute atomic E-state index is 12.5. The molecule has 2 aromatic heterocycles. The van der Waals surface area contributed by atoms with Crippen molar-refractivity contribution in [3.8, 4) is 11.4 Å². The van der Waals surface area contributed by atoms with E-state index in [1.807, 2.05) is 55.7 Å². The molecule has 1 amide bonds. The lowest BCUT2D eigenvalue weighted by molar-refractivity contribution is -0.113. The maximum atomic E-state index is 12.5. The number of hydrogen-bond acceptors (Lipinski definition) is 6. The number of amides is 1. The summed E-state index contributed by atoms with van der Waals surface area (Å²) in [5.74, 6) is 0.960. The summed E-state index contributed by atoms with van der Waals surface area (Å²) in [6.07, 6.45) is 4.31. The molecule has 1 N–H and O–H groups in total. The van der Waals surface area contributed by atoms with Crippen molar-refractivity contribution in [1.82, 2.24) is 19.7 Å². The Hall–Kier alpha value is -2.71. The lowest BCUT2D eigenvalue weighted by Gasteiger charge is -2.11. The van der Waals surface area contributed by atoms with Crippen molar-refractivity contribution < 1.29 is 9.53 Å². The maximum Gasteiger partial charge on any atom is 0.234 e. The van der Waals surface area contributed by atoms with Crippen molar-refractivity contribution in [2.75, 3.05) is 24.3 Å². The van der Waals surface area contributed by atoms with E-state index in [4.69, 9.17) is 4.74 Å². The van der Waals surface area contributed by atoms with Gasteiger partial charge in [0.15, 0.2) is 11.0 Å². The first-order valence-corrected chi connectivity index (χ1v) is 11.0. The van der Waals surface area contributed by atoms with Crippen molar-refractivity contribution in [3.63, 3.8) is 0 Å². The van der Waals surface area contributed by atoms with Gasteiger partial charge in [0, 0.05) is 43.4 Å². The second-order valence-corrected chi connectivity index (χ2v) is 7.77. The topological polar surface area (TPSA) is 81.9 Å². The average molecular weight is 426 g/mol. The largest absolute Gasteiger partial charge is 0.382 e. The first-order chi connectivity index (χ1) is 14.6. The van der Waals surface area contributed by atoms with E-state index >= 15 is 0 Å². The van der Waals surface area contributed by atoms with Crippen LogP contribution in [0.5, 0.6) is 0 Å². The number of benzene rings is 1. The molecular formula is C22H27N5O2S. The molecule has 0 unspecified atom stereocenters. The standard InChI is InChI=1S/C22H27N5O2S/c1-4-29-14-6-13-27-21(18-9-11-23-12-10-18)25-26-22(27)30-15-20(28)24-19-8-5-7-16(2)17(19)3/h5,7-12H,4,6,13-15H2,1-3H3,(H,24,28). The van der Waals surface area contributed by atoms with Gasteiger partial charge < -0.3 is 14.6 Å². The third-order valence-corrected chi connectivity index (χ3v) is 5.71. The van der Waals surface area contributed by atoms with Crippen molar-refractivity contribution in [1.29, 1.82) is 0 Å². The Balaban J connectivity index is 1.70. The summed E-state index contributed by atoms with van der Waals surface area (Å²) in [4.78, 5) is 16.6. The molecule has 0 aliphatic rings. The van der Waals surface area contributed by atoms with E-state index in [2.05, 4.69) is 20.5 Å². The number of nitrogens with zero attached hydrogens (tertiary/aromatic N) is 4. The van der Waals surface area contributed by atoms with Gasteiger partial charge >= 0.3 is 0 Å². The molecule has 30 heavy (non-hydrogen) atoms. The van der Waals surface area contributed by atoms with Crippen LogP contribution >= 0.6 is 11.8 Å². The minimum Gasteiger partial charge on any atom is -0.382 e. The van der Waals surface area contributed by atoms with Crippen LogP contribution in [0.2, 0.25) is 0 Å². The average Bonchev–Trinajstić information content (AvgIpc) is 3.16. The number of carbonyl (C=O) groups excluding carboxylic acids is 1. The second kappa shape index (κ2) is 10.9. The second-order valence-electron chi connectivity index (χ2n) is 6.83. The predicted molar refractivity (Wildman–Crippen MR) is 120 cm³/mol. The number of pyridine rings is 1. The number of carbonyl (C=O) groups is 1. The number of hydrogen-bond donors (Lipinski definition) is 1. The SMILES string of the molecule is CCOCCCn1c(SCC(=O)Nc2cccc(C)c2C)nnc1-c1ccncc1. The van der Waals surface area contributed by atoms with E-state index in [0.29, 0.717) is 19.8 Å². The molecule has 0 spiro atoms. The molecule has 0 aliphatic carbocycles. The molecule has 0 bridgehead atoms. The number of nitrogens with one attached hydrogen (secondary N) is 1. The summed E-state index contributed by atoms with van der Waals surface area (Å²) in [6.45, 7) is 8.10. The lowest BCUT2D eigenvalue weighted by Crippen LogP contribution is -2.16. The first kappa shape index (κ1) is 22.0. The molecule has 8 heteroatoms. The zero-order valence-electron chi connectivity index (χ0n) is 17.6. The molecule has 0 fully saturated rings. The number of anilines is 1. The third kappa shape index (κ3) is 5.67. The summed E-state index contributed by atoms with van der Waals surface area (Å²) < 4.78 is 7.51. The fourth-order valence-electron chi connectivity index (χ4n) is 2.98. The van der Waals surface area contributed by atoms with E-state index in [0.717, 1.165) is 39.8 Å². The Morgan fingerprint density at radius 2 is 1.97 bits per heavy atom. The number of aryl methyl sites for hydroxylation is 1. The van der Waals surface area contributed by atoms with Crippen LogP contribution in [0.4, 0.5) is 5.69 Å². The number of thioether (sulfide) groups is 1. The van der Waals surface area contributed by atoms with Crippen molar-refractivity contribution >= 4 is 23.4 Å². The highest BCUT2D eigenvalue weighted by molar-refractivity contribution is 7.99. The highest BCUT2D eigenvalue weighted by Crippen LogP contribution is 2.25. The van der Waals surface area contributed by atoms with Gasteiger partial charge in [-0.15, -0.1) is 10.2 Å². The monoisotopic (exact) mass is 425 g/mol. The minimum absolute atomic E-state index is 0.0666. The van der Waals surface area contributed by atoms with E-state index in [9.17, 15) is 4.79 Å². The van der Waals surface area contributed by atoms with Gasteiger partial charge in [-0.05, 0) is 56.5 Å². The van der Waals surface area contributed by atoms with E-state index in [-0.39, 0.29) is 11.7 Å². The van der Waals surface area contributed by atoms with Gasteiger partial charge in [0.1, 0.15) is 0 Å². The highest BCUT2D eigenvalue weighted by Gasteiger charge is 2.16. The zero-order valence-corrected chi connectivity index (χ0v) is 18.4. The minimum atomic E-state index is -0.0666. The summed E-state index contributed by atoms with van der Waals surface area (Å²) in [5, 5.41) is 12.4. The molecule has 2 heterocycles. The summed E-state index contributed by atoms with van der Waals surface area (Å²) in [6, 6.07) is 9.71. The molecule has 3 rings (SSSR count). The lowest BCUT2D eigenvalue weighted by atomic mass is 10.1. The van der Waals surface area contributed by atoms with Gasteiger partial charge in [-0.3, -0.25) is 9.78 Å². The highest BCUT2D eigenvalue weighted by atomic mass is 32.2. The summed E-state index contributed by atoms with van der Waals surface area (Å²) in [5.41, 5.74) is 4.02. The Bertz CT molecular complexity index is 975. The molecular weight excluding hydrogens is 398 g/mol. The van der Waals surface area contributed by atoms with Gasteiger partial charge in [0.25, 0.3) is 0 Å². The van der Waals surface area contributed by atoms with Crippen LogP contribution in [0.3, 0.4) is 0 Å². The van der Waals surface area contributed by atoms with E-state index in [1.54, 1.807) is 12.4 Å². The van der Waals surface area contributed by atoms with Crippen LogP contribution in [0.1, 0.15) is 24.5 Å². The molecule has 158 valence electrons. The fourth-order valence-corrected chi connectivity index (χ4v) is 3.75. The van der Waals surface area contributed by atoms with Crippen molar-refractivity contribution in [2.45, 2.75) is 38.9 Å². The smallest absolute Gasteiger partial charge is 0.234 e. The molecule has 0 saturated heterocycles. The summed E-state index contributed by atoms with van der Waals surface area (Å²) >= 11 is 1.38. The van der Waals surface area contributed by atoms with Crippen LogP contribution in [0.25, 0.3) is 11.4 Å². The van der Waals surface area contributed by atoms with Crippen LogP contribution in [-0.2, 0) is 16.1 Å². The van der Waals surface area contributed by atoms with Crippen molar-refractivity contribution in [2.24, 2.45) is 0 Å². The van der Waals surface area contributed by atoms with Crippen LogP contribution < -0.4 is 5.32 Å². The quantitative estimate of drug-likeness (QED) is 0.389. The van der Waals surface area contributed by atoms with Gasteiger partial charge in [-0.25, -0.2) is 0 Å². The van der Waals surface area contributed by atoms with Crippen LogP contribution in [0.15, 0.2) is 47.9 Å². The fraction of sp³-hybridized carbons (Fsp3) is 0.364. The van der Waals surface area contributed by atoms with Crippen molar-refractivity contribution in [3.05, 3.63) is 53.9 Å². The molecule has 7 nitrogen and oxygen atoms in total. The van der Waals surface area contributed by atoms with Crippen LogP contribution in [-0.4, -0.2) is 44.6 Å². The Labute approximate surface area is 181 Å². The Kier molecular flexibility index (Phi) is 7.98. The molecule has 0 aliphatic heterocycles. The predicted octanol–water partition coefficient (Wildman–Crippen LogP) is 4.11. The first-order valence-electron chi connectivity index (χ1n) is 10.0. The van der Waals surface area contributed by atoms with Crippen LogP contribution in [0, 0.1) is 13.8 Å². The van der Waals surface area contributed by atoms with Gasteiger partial charge in [0.05, 0.1) is 5.75 Å². The molecule has 3 aromatic rings. The normalized spacial score (nSPS) is 10.9. The molecule has 1 aromatic carbocycles. The van der Waals surface area contributed by atoms with Gasteiger partial charge in [-0.1, -0.05) is 23.9 Å². The molecule has 0 saturated carbocycles. The Morgan fingerprint density at radius 1 is 1.17 bits per heavy atom.